The van der Waals surface area contributed by atoms with Crippen molar-refractivity contribution in [3.8, 4) is 0 Å². The standard InChI is InChI=1S/C18H17N5O3/c24-18(20-14-5-3-4-13-11-19-21-17(13)14)12-6-7-15(16(10-12)23(25)26)22-8-1-2-9-22/h3-7,10-11H,1-2,8-9H2,(H,19,21)(H,20,24). The molecule has 0 spiro atoms. The first kappa shape index (κ1) is 16.1. The van der Waals surface area contributed by atoms with E-state index in [0.717, 1.165) is 31.3 Å². The Morgan fingerprint density at radius 1 is 1.23 bits per heavy atom. The zero-order valence-corrected chi connectivity index (χ0v) is 13.9. The van der Waals surface area contributed by atoms with Crippen molar-refractivity contribution in [2.75, 3.05) is 23.3 Å². The molecule has 1 saturated heterocycles. The van der Waals surface area contributed by atoms with Crippen LogP contribution in [0.1, 0.15) is 23.2 Å². The van der Waals surface area contributed by atoms with Gasteiger partial charge in [0.2, 0.25) is 0 Å². The molecule has 2 aromatic carbocycles. The molecule has 1 fully saturated rings. The van der Waals surface area contributed by atoms with Gasteiger partial charge in [0.1, 0.15) is 5.69 Å². The number of carbonyl (C=O) groups excluding carboxylic acids is 1. The number of anilines is 2. The van der Waals surface area contributed by atoms with E-state index < -0.39 is 10.8 Å². The Balaban J connectivity index is 1.64. The van der Waals surface area contributed by atoms with Crippen LogP contribution in [0.5, 0.6) is 0 Å². The lowest BCUT2D eigenvalue weighted by Gasteiger charge is -2.17. The van der Waals surface area contributed by atoms with Crippen molar-refractivity contribution in [1.29, 1.82) is 0 Å². The number of rotatable bonds is 4. The first-order chi connectivity index (χ1) is 12.6. The summed E-state index contributed by atoms with van der Waals surface area (Å²) in [7, 11) is 0. The summed E-state index contributed by atoms with van der Waals surface area (Å²) in [4.78, 5) is 25.7. The van der Waals surface area contributed by atoms with Crippen LogP contribution >= 0.6 is 0 Å². The quantitative estimate of drug-likeness (QED) is 0.554. The summed E-state index contributed by atoms with van der Waals surface area (Å²) in [5, 5.41) is 22.0. The van der Waals surface area contributed by atoms with Gasteiger partial charge in [0.25, 0.3) is 11.6 Å². The van der Waals surface area contributed by atoms with E-state index in [1.54, 1.807) is 24.4 Å². The Hall–Kier alpha value is -3.42. The number of nitrogens with one attached hydrogen (secondary N) is 2. The molecule has 0 aliphatic carbocycles. The minimum absolute atomic E-state index is 0.0423. The molecule has 1 amide bonds. The summed E-state index contributed by atoms with van der Waals surface area (Å²) < 4.78 is 0. The van der Waals surface area contributed by atoms with Crippen LogP contribution < -0.4 is 10.2 Å². The second-order valence-corrected chi connectivity index (χ2v) is 6.25. The van der Waals surface area contributed by atoms with Gasteiger partial charge in [0.15, 0.2) is 0 Å². The van der Waals surface area contributed by atoms with E-state index in [0.29, 0.717) is 16.9 Å². The zero-order valence-electron chi connectivity index (χ0n) is 13.9. The van der Waals surface area contributed by atoms with Crippen LogP contribution in [0.15, 0.2) is 42.6 Å². The second-order valence-electron chi connectivity index (χ2n) is 6.25. The number of fused-ring (bicyclic) bond motifs is 1. The Labute approximate surface area is 149 Å². The van der Waals surface area contributed by atoms with Gasteiger partial charge in [-0.2, -0.15) is 5.10 Å². The minimum Gasteiger partial charge on any atom is -0.366 e. The minimum atomic E-state index is -0.431. The molecule has 0 unspecified atom stereocenters. The van der Waals surface area contributed by atoms with E-state index >= 15 is 0 Å². The maximum atomic E-state index is 12.6. The average molecular weight is 351 g/mol. The van der Waals surface area contributed by atoms with E-state index in [-0.39, 0.29) is 11.3 Å². The van der Waals surface area contributed by atoms with Crippen LogP contribution in [0, 0.1) is 10.1 Å². The second kappa shape index (κ2) is 6.47. The first-order valence-electron chi connectivity index (χ1n) is 8.40. The monoisotopic (exact) mass is 351 g/mol. The van der Waals surface area contributed by atoms with Crippen molar-refractivity contribution in [3.63, 3.8) is 0 Å². The van der Waals surface area contributed by atoms with E-state index in [1.165, 1.54) is 6.07 Å². The highest BCUT2D eigenvalue weighted by Crippen LogP contribution is 2.32. The Morgan fingerprint density at radius 2 is 2.04 bits per heavy atom. The summed E-state index contributed by atoms with van der Waals surface area (Å²) in [6, 6.07) is 10.1. The number of hydrogen-bond donors (Lipinski definition) is 2. The van der Waals surface area contributed by atoms with Gasteiger partial charge in [-0.1, -0.05) is 12.1 Å². The number of amides is 1. The Morgan fingerprint density at radius 3 is 2.81 bits per heavy atom. The highest BCUT2D eigenvalue weighted by Gasteiger charge is 2.24. The van der Waals surface area contributed by atoms with E-state index in [1.807, 2.05) is 17.0 Å². The predicted octanol–water partition coefficient (Wildman–Crippen LogP) is 3.32. The number of nitro groups is 1. The number of hydrogen-bond acceptors (Lipinski definition) is 5. The normalized spacial score (nSPS) is 13.9. The lowest BCUT2D eigenvalue weighted by atomic mass is 10.1. The Bertz CT molecular complexity index is 991. The van der Waals surface area contributed by atoms with Gasteiger partial charge in [-0.3, -0.25) is 20.0 Å². The number of nitrogens with zero attached hydrogens (tertiary/aromatic N) is 3. The smallest absolute Gasteiger partial charge is 0.293 e. The molecule has 8 nitrogen and oxygen atoms in total. The van der Waals surface area contributed by atoms with Gasteiger partial charge in [-0.15, -0.1) is 0 Å². The van der Waals surface area contributed by atoms with E-state index in [4.69, 9.17) is 0 Å². The number of aromatic nitrogens is 2. The zero-order chi connectivity index (χ0) is 18.1. The molecule has 0 radical (unpaired) electrons. The van der Waals surface area contributed by atoms with E-state index in [2.05, 4.69) is 15.5 Å². The number of carbonyl (C=O) groups is 1. The molecule has 26 heavy (non-hydrogen) atoms. The third kappa shape index (κ3) is 2.85. The summed E-state index contributed by atoms with van der Waals surface area (Å²) in [6.45, 7) is 1.60. The van der Waals surface area contributed by atoms with Crippen molar-refractivity contribution in [3.05, 3.63) is 58.3 Å². The molecule has 132 valence electrons. The third-order valence-electron chi connectivity index (χ3n) is 4.61. The van der Waals surface area contributed by atoms with Gasteiger partial charge in [0, 0.05) is 30.1 Å². The maximum Gasteiger partial charge on any atom is 0.293 e. The van der Waals surface area contributed by atoms with Crippen molar-refractivity contribution in [1.82, 2.24) is 10.2 Å². The number of para-hydroxylation sites is 1. The summed E-state index contributed by atoms with van der Waals surface area (Å²) in [5.74, 6) is -0.400. The van der Waals surface area contributed by atoms with Crippen molar-refractivity contribution in [2.45, 2.75) is 12.8 Å². The lowest BCUT2D eigenvalue weighted by molar-refractivity contribution is -0.384. The van der Waals surface area contributed by atoms with Gasteiger partial charge in [-0.25, -0.2) is 0 Å². The topological polar surface area (TPSA) is 104 Å². The molecule has 1 aliphatic heterocycles. The third-order valence-corrected chi connectivity index (χ3v) is 4.61. The summed E-state index contributed by atoms with van der Waals surface area (Å²) in [6.07, 6.45) is 3.71. The molecule has 0 bridgehead atoms. The van der Waals surface area contributed by atoms with Gasteiger partial charge in [0.05, 0.1) is 22.3 Å². The fourth-order valence-corrected chi connectivity index (χ4v) is 3.30. The largest absolute Gasteiger partial charge is 0.366 e. The highest BCUT2D eigenvalue weighted by molar-refractivity contribution is 6.08. The molecule has 1 aromatic heterocycles. The molecule has 1 aliphatic rings. The molecule has 2 heterocycles. The average Bonchev–Trinajstić information content (AvgIpc) is 3.33. The van der Waals surface area contributed by atoms with Crippen LogP contribution in [0.2, 0.25) is 0 Å². The Kier molecular flexibility index (Phi) is 4.00. The van der Waals surface area contributed by atoms with Crippen molar-refractivity contribution in [2.24, 2.45) is 0 Å². The molecule has 8 heteroatoms. The predicted molar refractivity (Wildman–Crippen MR) is 98.6 cm³/mol. The number of benzene rings is 2. The number of H-pyrrole nitrogens is 1. The van der Waals surface area contributed by atoms with Crippen LogP contribution in [-0.4, -0.2) is 34.1 Å². The summed E-state index contributed by atoms with van der Waals surface area (Å²) in [5.41, 5.74) is 2.07. The van der Waals surface area contributed by atoms with Crippen molar-refractivity contribution < 1.29 is 9.72 Å². The molecule has 4 rings (SSSR count). The van der Waals surface area contributed by atoms with Gasteiger partial charge in [-0.05, 0) is 31.0 Å². The molecular weight excluding hydrogens is 334 g/mol. The van der Waals surface area contributed by atoms with Crippen LogP contribution in [0.4, 0.5) is 17.1 Å². The lowest BCUT2D eigenvalue weighted by Crippen LogP contribution is -2.19. The first-order valence-corrected chi connectivity index (χ1v) is 8.40. The SMILES string of the molecule is O=C(Nc1cccc2cn[nH]c12)c1ccc(N2CCCC2)c([N+](=O)[O-])c1. The summed E-state index contributed by atoms with van der Waals surface area (Å²) >= 11 is 0. The fraction of sp³-hybridized carbons (Fsp3) is 0.222. The molecule has 0 saturated carbocycles. The number of nitro benzene ring substituents is 1. The van der Waals surface area contributed by atoms with Gasteiger partial charge >= 0.3 is 0 Å². The van der Waals surface area contributed by atoms with Gasteiger partial charge < -0.3 is 10.2 Å². The van der Waals surface area contributed by atoms with Crippen molar-refractivity contribution >= 4 is 33.9 Å². The molecule has 3 aromatic rings. The van der Waals surface area contributed by atoms with Crippen LogP contribution in [0.25, 0.3) is 10.9 Å². The molecule has 0 atom stereocenters. The highest BCUT2D eigenvalue weighted by atomic mass is 16.6. The molecule has 2 N–H and O–H groups in total. The van der Waals surface area contributed by atoms with Crippen LogP contribution in [0.3, 0.4) is 0 Å². The van der Waals surface area contributed by atoms with Crippen LogP contribution in [-0.2, 0) is 0 Å². The maximum absolute atomic E-state index is 12.6. The fourth-order valence-electron chi connectivity index (χ4n) is 3.30. The van der Waals surface area contributed by atoms with E-state index in [9.17, 15) is 14.9 Å². The molecular formula is C18H17N5O3. The number of aromatic amines is 1.